The molecule has 4 rings (SSSR count). The van der Waals surface area contributed by atoms with E-state index in [-0.39, 0.29) is 11.7 Å². The molecule has 2 aromatic heterocycles. The average molecular weight is 446 g/mol. The highest BCUT2D eigenvalue weighted by molar-refractivity contribution is 7.97. The van der Waals surface area contributed by atoms with E-state index < -0.39 is 10.1 Å². The van der Waals surface area contributed by atoms with Gasteiger partial charge in [-0.3, -0.25) is 4.55 Å². The maximum atomic E-state index is 11.3. The van der Waals surface area contributed by atoms with Crippen LogP contribution in [0.15, 0.2) is 54.0 Å². The van der Waals surface area contributed by atoms with E-state index in [9.17, 15) is 13.0 Å². The van der Waals surface area contributed by atoms with Gasteiger partial charge in [-0.15, -0.1) is 11.3 Å². The second-order valence-corrected chi connectivity index (χ2v) is 10.6. The van der Waals surface area contributed by atoms with Crippen LogP contribution in [0.2, 0.25) is 0 Å². The third kappa shape index (κ3) is 4.53. The molecule has 7 heteroatoms. The molecule has 1 unspecified atom stereocenters. The molecule has 2 N–H and O–H groups in total. The molecule has 0 radical (unpaired) electrons. The quantitative estimate of drug-likeness (QED) is 0.324. The number of hydrogen-bond acceptors (Lipinski definition) is 4. The summed E-state index contributed by atoms with van der Waals surface area (Å²) in [6, 6.07) is 15.0. The molecule has 2 heterocycles. The Kier molecular flexibility index (Phi) is 6.01. The normalized spacial score (nSPS) is 13.3. The molecule has 29 heavy (non-hydrogen) atoms. The molecule has 0 aliphatic carbocycles. The van der Waals surface area contributed by atoms with Crippen molar-refractivity contribution in [1.29, 1.82) is 0 Å². The van der Waals surface area contributed by atoms with Gasteiger partial charge in [0.1, 0.15) is 0 Å². The summed E-state index contributed by atoms with van der Waals surface area (Å²) in [6.07, 6.45) is 5.21. The molecule has 1 atom stereocenters. The summed E-state index contributed by atoms with van der Waals surface area (Å²) in [6.45, 7) is 0. The van der Waals surface area contributed by atoms with Crippen molar-refractivity contribution < 1.29 is 13.0 Å². The molecular formula is C22H23NO3S3. The number of rotatable bonds is 8. The first-order chi connectivity index (χ1) is 14.0. The molecule has 0 bridgehead atoms. The number of fused-ring (bicyclic) bond motifs is 2. The summed E-state index contributed by atoms with van der Waals surface area (Å²) in [7, 11) is -3.96. The number of benzene rings is 2. The van der Waals surface area contributed by atoms with E-state index in [1.807, 2.05) is 0 Å². The van der Waals surface area contributed by atoms with Crippen LogP contribution >= 0.6 is 23.1 Å². The maximum Gasteiger partial charge on any atom is 0.264 e. The number of hydrogen-bond donors (Lipinski definition) is 2. The van der Waals surface area contributed by atoms with Gasteiger partial charge in [0.25, 0.3) is 10.1 Å². The van der Waals surface area contributed by atoms with Crippen LogP contribution in [0.1, 0.15) is 35.4 Å². The minimum Gasteiger partial charge on any atom is -0.361 e. The fourth-order valence-corrected chi connectivity index (χ4v) is 5.83. The van der Waals surface area contributed by atoms with Crippen LogP contribution in [0.4, 0.5) is 0 Å². The summed E-state index contributed by atoms with van der Waals surface area (Å²) in [4.78, 5) is 3.45. The molecular weight excluding hydrogens is 422 g/mol. The van der Waals surface area contributed by atoms with Gasteiger partial charge in [-0.2, -0.15) is 20.2 Å². The van der Waals surface area contributed by atoms with Gasteiger partial charge in [-0.05, 0) is 64.8 Å². The van der Waals surface area contributed by atoms with Crippen molar-refractivity contribution in [1.82, 2.24) is 4.98 Å². The Bertz CT molecular complexity index is 1240. The first-order valence-electron chi connectivity index (χ1n) is 9.46. The van der Waals surface area contributed by atoms with E-state index in [1.54, 1.807) is 23.1 Å². The predicted molar refractivity (Wildman–Crippen MR) is 125 cm³/mol. The monoisotopic (exact) mass is 445 g/mol. The van der Waals surface area contributed by atoms with Crippen LogP contribution < -0.4 is 0 Å². The molecule has 2 aromatic carbocycles. The number of aromatic amines is 1. The predicted octanol–water partition coefficient (Wildman–Crippen LogP) is 6.05. The Morgan fingerprint density at radius 3 is 2.86 bits per heavy atom. The minimum atomic E-state index is -3.96. The Balaban J connectivity index is 1.77. The van der Waals surface area contributed by atoms with E-state index in [0.717, 1.165) is 11.3 Å². The van der Waals surface area contributed by atoms with Crippen molar-refractivity contribution in [2.75, 3.05) is 12.0 Å². The molecule has 4 nitrogen and oxygen atoms in total. The molecule has 0 amide bonds. The van der Waals surface area contributed by atoms with Crippen LogP contribution in [-0.2, 0) is 15.9 Å². The summed E-state index contributed by atoms with van der Waals surface area (Å²) in [5.41, 5.74) is 4.76. The van der Waals surface area contributed by atoms with E-state index in [1.165, 1.54) is 32.2 Å². The fourth-order valence-electron chi connectivity index (χ4n) is 3.98. The Hall–Kier alpha value is -1.80. The minimum absolute atomic E-state index is 0.0549. The lowest BCUT2D eigenvalue weighted by Gasteiger charge is -2.17. The second kappa shape index (κ2) is 8.52. The van der Waals surface area contributed by atoms with Crippen LogP contribution in [0.5, 0.6) is 0 Å². The van der Waals surface area contributed by atoms with Crippen molar-refractivity contribution in [3.05, 3.63) is 70.7 Å². The molecule has 0 aliphatic rings. The SMILES string of the molecule is CSCc1cccc2c(C(CCCS(=O)(=O)O)c3ccc4sccc4c3)c[nH]c12. The second-order valence-electron chi connectivity index (χ2n) is 7.22. The van der Waals surface area contributed by atoms with E-state index in [4.69, 9.17) is 0 Å². The standard InChI is InChI=1S/C22H23NO3S3/c1-27-14-17-4-2-5-19-20(13-23-22(17)19)18(6-3-11-29(24,25)26)15-7-8-21-16(12-15)9-10-28-21/h2,4-5,7-10,12-13,18,23H,3,6,11,14H2,1H3,(H,24,25,26). The Labute approximate surface area is 179 Å². The molecule has 0 fully saturated rings. The largest absolute Gasteiger partial charge is 0.361 e. The van der Waals surface area contributed by atoms with Crippen LogP contribution in [-0.4, -0.2) is 30.0 Å². The van der Waals surface area contributed by atoms with E-state index >= 15 is 0 Å². The zero-order valence-electron chi connectivity index (χ0n) is 16.1. The highest BCUT2D eigenvalue weighted by atomic mass is 32.2. The summed E-state index contributed by atoms with van der Waals surface area (Å²) in [5.74, 6) is 0.773. The number of thioether (sulfide) groups is 1. The van der Waals surface area contributed by atoms with Gasteiger partial charge < -0.3 is 4.98 Å². The van der Waals surface area contributed by atoms with Crippen LogP contribution in [0, 0.1) is 0 Å². The van der Waals surface area contributed by atoms with Crippen LogP contribution in [0.3, 0.4) is 0 Å². The van der Waals surface area contributed by atoms with Gasteiger partial charge in [-0.25, -0.2) is 0 Å². The molecule has 0 saturated carbocycles. The summed E-state index contributed by atoms with van der Waals surface area (Å²) in [5, 5.41) is 4.47. The number of aromatic nitrogens is 1. The Morgan fingerprint density at radius 1 is 1.21 bits per heavy atom. The lowest BCUT2D eigenvalue weighted by molar-refractivity contribution is 0.479. The fraction of sp³-hybridized carbons (Fsp3) is 0.273. The number of para-hydroxylation sites is 1. The van der Waals surface area contributed by atoms with E-state index in [0.29, 0.717) is 12.8 Å². The van der Waals surface area contributed by atoms with Crippen molar-refractivity contribution in [3.8, 4) is 0 Å². The molecule has 0 aliphatic heterocycles. The van der Waals surface area contributed by atoms with E-state index in [2.05, 4.69) is 65.3 Å². The third-order valence-electron chi connectivity index (χ3n) is 5.28. The van der Waals surface area contributed by atoms with Gasteiger partial charge >= 0.3 is 0 Å². The first-order valence-corrected chi connectivity index (χ1v) is 13.3. The number of H-pyrrole nitrogens is 1. The molecule has 152 valence electrons. The number of thiophene rings is 1. The molecule has 4 aromatic rings. The summed E-state index contributed by atoms with van der Waals surface area (Å²) < 4.78 is 32.9. The highest BCUT2D eigenvalue weighted by Crippen LogP contribution is 2.37. The molecule has 0 saturated heterocycles. The van der Waals surface area contributed by atoms with Crippen molar-refractivity contribution >= 4 is 54.2 Å². The van der Waals surface area contributed by atoms with Gasteiger partial charge in [0.05, 0.1) is 5.75 Å². The topological polar surface area (TPSA) is 70.2 Å². The zero-order valence-corrected chi connectivity index (χ0v) is 18.5. The third-order valence-corrected chi connectivity index (χ3v) is 7.59. The van der Waals surface area contributed by atoms with Crippen molar-refractivity contribution in [3.63, 3.8) is 0 Å². The zero-order chi connectivity index (χ0) is 20.4. The van der Waals surface area contributed by atoms with Gasteiger partial charge in [-0.1, -0.05) is 24.3 Å². The van der Waals surface area contributed by atoms with Gasteiger partial charge in [0.15, 0.2) is 0 Å². The van der Waals surface area contributed by atoms with Crippen molar-refractivity contribution in [2.24, 2.45) is 0 Å². The first kappa shape index (κ1) is 20.5. The van der Waals surface area contributed by atoms with Gasteiger partial charge in [0.2, 0.25) is 0 Å². The average Bonchev–Trinajstić information content (AvgIpc) is 3.31. The Morgan fingerprint density at radius 2 is 2.07 bits per heavy atom. The highest BCUT2D eigenvalue weighted by Gasteiger charge is 2.20. The smallest absolute Gasteiger partial charge is 0.264 e. The maximum absolute atomic E-state index is 11.3. The van der Waals surface area contributed by atoms with Crippen molar-refractivity contribution in [2.45, 2.75) is 24.5 Å². The lowest BCUT2D eigenvalue weighted by Crippen LogP contribution is -2.07. The summed E-state index contributed by atoms with van der Waals surface area (Å²) >= 11 is 3.50. The van der Waals surface area contributed by atoms with Gasteiger partial charge in [0, 0.05) is 33.5 Å². The molecule has 0 spiro atoms. The lowest BCUT2D eigenvalue weighted by atomic mass is 9.87. The van der Waals surface area contributed by atoms with Crippen LogP contribution in [0.25, 0.3) is 21.0 Å². The number of nitrogens with one attached hydrogen (secondary N) is 1.